The summed E-state index contributed by atoms with van der Waals surface area (Å²) < 4.78 is 11.0. The van der Waals surface area contributed by atoms with Crippen molar-refractivity contribution in [3.63, 3.8) is 0 Å². The van der Waals surface area contributed by atoms with Crippen molar-refractivity contribution in [3.8, 4) is 11.5 Å². The first-order valence-electron chi connectivity index (χ1n) is 7.57. The average molecular weight is 320 g/mol. The lowest BCUT2D eigenvalue weighted by Crippen LogP contribution is -2.53. The quantitative estimate of drug-likeness (QED) is 0.770. The molecule has 2 rings (SSSR count). The third-order valence-electron chi connectivity index (χ3n) is 3.34. The van der Waals surface area contributed by atoms with Crippen LogP contribution in [0, 0.1) is 0 Å². The average Bonchev–Trinajstić information content (AvgIpc) is 2.49. The summed E-state index contributed by atoms with van der Waals surface area (Å²) in [7, 11) is 0. The maximum absolute atomic E-state index is 11.7. The molecule has 1 aromatic rings. The fourth-order valence-corrected chi connectivity index (χ4v) is 2.30. The van der Waals surface area contributed by atoms with E-state index in [-0.39, 0.29) is 13.0 Å². The Morgan fingerprint density at radius 2 is 1.78 bits per heavy atom. The van der Waals surface area contributed by atoms with Crippen LogP contribution in [-0.2, 0) is 16.0 Å². The highest BCUT2D eigenvalue weighted by molar-refractivity contribution is 6.14. The first kappa shape index (κ1) is 16.8. The number of benzene rings is 1. The van der Waals surface area contributed by atoms with Crippen LogP contribution in [0.3, 0.4) is 0 Å². The molecular weight excluding hydrogens is 300 g/mol. The minimum Gasteiger partial charge on any atom is -0.490 e. The second-order valence-corrected chi connectivity index (χ2v) is 4.97. The minimum absolute atomic E-state index is 0.206. The van der Waals surface area contributed by atoms with Gasteiger partial charge in [0.2, 0.25) is 11.8 Å². The number of nitrogens with one attached hydrogen (secondary N) is 1. The van der Waals surface area contributed by atoms with Crippen molar-refractivity contribution in [3.05, 3.63) is 23.8 Å². The molecule has 0 atom stereocenters. The Morgan fingerprint density at radius 1 is 1.09 bits per heavy atom. The van der Waals surface area contributed by atoms with E-state index in [1.165, 1.54) is 0 Å². The maximum Gasteiger partial charge on any atom is 0.330 e. The number of rotatable bonds is 7. The van der Waals surface area contributed by atoms with E-state index < -0.39 is 17.8 Å². The fraction of sp³-hybridized carbons (Fsp3) is 0.438. The highest BCUT2D eigenvalue weighted by Crippen LogP contribution is 2.28. The Morgan fingerprint density at radius 3 is 2.43 bits per heavy atom. The summed E-state index contributed by atoms with van der Waals surface area (Å²) in [6.45, 7) is 5.04. The van der Waals surface area contributed by atoms with Crippen LogP contribution in [0.25, 0.3) is 0 Å². The van der Waals surface area contributed by atoms with Crippen LogP contribution in [0.5, 0.6) is 11.5 Å². The van der Waals surface area contributed by atoms with Crippen LogP contribution in [0.4, 0.5) is 4.79 Å². The zero-order chi connectivity index (χ0) is 16.8. The molecule has 23 heavy (non-hydrogen) atoms. The molecule has 0 unspecified atom stereocenters. The lowest BCUT2D eigenvalue weighted by atomic mass is 10.1. The predicted octanol–water partition coefficient (Wildman–Crippen LogP) is 1.49. The van der Waals surface area contributed by atoms with Crippen molar-refractivity contribution < 1.29 is 23.9 Å². The Balaban J connectivity index is 2.05. The maximum atomic E-state index is 11.7. The zero-order valence-electron chi connectivity index (χ0n) is 13.3. The number of carbonyl (C=O) groups is 3. The molecule has 0 radical (unpaired) electrons. The van der Waals surface area contributed by atoms with Crippen molar-refractivity contribution in [2.75, 3.05) is 19.8 Å². The van der Waals surface area contributed by atoms with Gasteiger partial charge in [0, 0.05) is 6.54 Å². The van der Waals surface area contributed by atoms with Crippen LogP contribution in [0.2, 0.25) is 0 Å². The topological polar surface area (TPSA) is 84.9 Å². The smallest absolute Gasteiger partial charge is 0.330 e. The Kier molecular flexibility index (Phi) is 5.56. The first-order valence-corrected chi connectivity index (χ1v) is 7.57. The second-order valence-electron chi connectivity index (χ2n) is 4.97. The highest BCUT2D eigenvalue weighted by atomic mass is 16.5. The molecular formula is C16H20N2O5. The van der Waals surface area contributed by atoms with E-state index in [1.807, 2.05) is 32.0 Å². The van der Waals surface area contributed by atoms with Crippen LogP contribution in [0.15, 0.2) is 18.2 Å². The molecule has 1 saturated heterocycles. The van der Waals surface area contributed by atoms with Gasteiger partial charge in [0.15, 0.2) is 11.5 Å². The van der Waals surface area contributed by atoms with E-state index in [0.29, 0.717) is 31.1 Å². The molecule has 0 saturated carbocycles. The largest absolute Gasteiger partial charge is 0.490 e. The molecule has 124 valence electrons. The number of hydrogen-bond acceptors (Lipinski definition) is 5. The van der Waals surface area contributed by atoms with E-state index in [4.69, 9.17) is 9.47 Å². The standard InChI is InChI=1S/C16H20N2O5/c1-3-22-12-6-5-11(9-13(12)23-4-2)7-8-18-15(20)10-14(19)17-16(18)21/h5-6,9H,3-4,7-8,10H2,1-2H3,(H,17,19,21). The van der Waals surface area contributed by atoms with E-state index in [2.05, 4.69) is 5.32 Å². The van der Waals surface area contributed by atoms with Gasteiger partial charge < -0.3 is 9.47 Å². The summed E-state index contributed by atoms with van der Waals surface area (Å²) in [4.78, 5) is 35.6. The molecule has 1 heterocycles. The third-order valence-corrected chi connectivity index (χ3v) is 3.34. The van der Waals surface area contributed by atoms with Gasteiger partial charge in [-0.3, -0.25) is 19.8 Å². The Bertz CT molecular complexity index is 594. The van der Waals surface area contributed by atoms with E-state index in [0.717, 1.165) is 10.5 Å². The monoisotopic (exact) mass is 320 g/mol. The summed E-state index contributed by atoms with van der Waals surface area (Å²) in [6.07, 6.45) is 0.180. The summed E-state index contributed by atoms with van der Waals surface area (Å²) in [5.41, 5.74) is 0.911. The van der Waals surface area contributed by atoms with Gasteiger partial charge in [-0.15, -0.1) is 0 Å². The molecule has 0 aliphatic carbocycles. The number of ether oxygens (including phenoxy) is 2. The molecule has 1 N–H and O–H groups in total. The molecule has 7 heteroatoms. The van der Waals surface area contributed by atoms with E-state index in [1.54, 1.807) is 0 Å². The molecule has 1 aliphatic rings. The third kappa shape index (κ3) is 4.21. The van der Waals surface area contributed by atoms with Crippen molar-refractivity contribution in [1.82, 2.24) is 10.2 Å². The number of carbonyl (C=O) groups excluding carboxylic acids is 3. The normalized spacial score (nSPS) is 14.7. The number of hydrogen-bond donors (Lipinski definition) is 1. The highest BCUT2D eigenvalue weighted by Gasteiger charge is 2.30. The predicted molar refractivity (Wildman–Crippen MR) is 82.4 cm³/mol. The fourth-order valence-electron chi connectivity index (χ4n) is 2.30. The van der Waals surface area contributed by atoms with Gasteiger partial charge in [0.05, 0.1) is 13.2 Å². The van der Waals surface area contributed by atoms with E-state index >= 15 is 0 Å². The van der Waals surface area contributed by atoms with Crippen molar-refractivity contribution >= 4 is 17.8 Å². The summed E-state index contributed by atoms with van der Waals surface area (Å²) >= 11 is 0. The van der Waals surface area contributed by atoms with Gasteiger partial charge in [-0.25, -0.2) is 4.79 Å². The van der Waals surface area contributed by atoms with Gasteiger partial charge in [0.1, 0.15) is 6.42 Å². The summed E-state index contributed by atoms with van der Waals surface area (Å²) in [5.74, 6) is 0.262. The van der Waals surface area contributed by atoms with Crippen molar-refractivity contribution in [2.45, 2.75) is 26.7 Å². The number of nitrogens with zero attached hydrogens (tertiary/aromatic N) is 1. The van der Waals surface area contributed by atoms with Crippen LogP contribution in [0.1, 0.15) is 25.8 Å². The molecule has 1 aliphatic heterocycles. The zero-order valence-corrected chi connectivity index (χ0v) is 13.3. The molecule has 0 aromatic heterocycles. The van der Waals surface area contributed by atoms with Gasteiger partial charge in [-0.2, -0.15) is 0 Å². The van der Waals surface area contributed by atoms with Crippen LogP contribution >= 0.6 is 0 Å². The molecule has 0 bridgehead atoms. The molecule has 1 fully saturated rings. The van der Waals surface area contributed by atoms with Gasteiger partial charge in [-0.1, -0.05) is 6.07 Å². The van der Waals surface area contributed by atoms with Crippen LogP contribution in [-0.4, -0.2) is 42.5 Å². The minimum atomic E-state index is -0.665. The first-order chi connectivity index (χ1) is 11.0. The molecule has 1 aromatic carbocycles. The molecule has 4 amide bonds. The number of urea groups is 1. The lowest BCUT2D eigenvalue weighted by molar-refractivity contribution is -0.136. The molecule has 7 nitrogen and oxygen atoms in total. The summed E-state index contributed by atoms with van der Waals surface area (Å²) in [5, 5.41) is 2.14. The molecule has 0 spiro atoms. The van der Waals surface area contributed by atoms with Crippen LogP contribution < -0.4 is 14.8 Å². The lowest BCUT2D eigenvalue weighted by Gasteiger charge is -2.24. The number of barbiturate groups is 1. The van der Waals surface area contributed by atoms with Gasteiger partial charge in [0.25, 0.3) is 0 Å². The number of imide groups is 2. The van der Waals surface area contributed by atoms with Crippen molar-refractivity contribution in [1.29, 1.82) is 0 Å². The second kappa shape index (κ2) is 7.62. The Labute approximate surface area is 134 Å². The number of amides is 4. The van der Waals surface area contributed by atoms with Gasteiger partial charge >= 0.3 is 6.03 Å². The SMILES string of the molecule is CCOc1ccc(CCN2C(=O)CC(=O)NC2=O)cc1OCC. The van der Waals surface area contributed by atoms with Gasteiger partial charge in [-0.05, 0) is 38.0 Å². The van der Waals surface area contributed by atoms with E-state index in [9.17, 15) is 14.4 Å². The Hall–Kier alpha value is -2.57. The summed E-state index contributed by atoms with van der Waals surface area (Å²) in [6, 6.07) is 4.85. The van der Waals surface area contributed by atoms with Crippen molar-refractivity contribution in [2.24, 2.45) is 0 Å².